The summed E-state index contributed by atoms with van der Waals surface area (Å²) in [5.41, 5.74) is -0.135. The number of halogens is 4. The van der Waals surface area contributed by atoms with E-state index in [0.717, 1.165) is 12.1 Å². The Kier molecular flexibility index (Phi) is 5.15. The van der Waals surface area contributed by atoms with Crippen molar-refractivity contribution < 1.29 is 18.3 Å². The molecule has 116 valence electrons. The summed E-state index contributed by atoms with van der Waals surface area (Å²) in [6, 6.07) is 4.89. The van der Waals surface area contributed by atoms with Crippen LogP contribution < -0.4 is 5.32 Å². The molecule has 0 amide bonds. The molecular weight excluding hydrogens is 337 g/mol. The minimum atomic E-state index is -0.771. The Hall–Kier alpha value is -1.92. The van der Waals surface area contributed by atoms with Gasteiger partial charge in [-0.2, -0.15) is 0 Å². The fourth-order valence-electron chi connectivity index (χ4n) is 1.74. The predicted octanol–water partition coefficient (Wildman–Crippen LogP) is 4.07. The van der Waals surface area contributed by atoms with Crippen LogP contribution in [0.5, 0.6) is 0 Å². The molecule has 8 heteroatoms. The summed E-state index contributed by atoms with van der Waals surface area (Å²) in [6.45, 7) is -0.181. The van der Waals surface area contributed by atoms with Gasteiger partial charge < -0.3 is 10.1 Å². The first-order valence-corrected chi connectivity index (χ1v) is 6.80. The third-order valence-corrected chi connectivity index (χ3v) is 3.40. The molecule has 1 aromatic heterocycles. The largest absolute Gasteiger partial charge is 0.464 e. The maximum absolute atomic E-state index is 13.6. The molecule has 22 heavy (non-hydrogen) atoms. The normalized spacial score (nSPS) is 10.4. The van der Waals surface area contributed by atoms with E-state index in [1.807, 2.05) is 0 Å². The first-order valence-electron chi connectivity index (χ1n) is 6.05. The lowest BCUT2D eigenvalue weighted by Crippen LogP contribution is -2.10. The van der Waals surface area contributed by atoms with Crippen molar-refractivity contribution >= 4 is 34.9 Å². The molecule has 2 aromatic rings. The molecule has 0 bridgehead atoms. The zero-order valence-corrected chi connectivity index (χ0v) is 12.8. The number of esters is 1. The zero-order valence-electron chi connectivity index (χ0n) is 11.3. The summed E-state index contributed by atoms with van der Waals surface area (Å²) in [7, 11) is 1.17. The van der Waals surface area contributed by atoms with E-state index in [0.29, 0.717) is 0 Å². The van der Waals surface area contributed by atoms with Crippen LogP contribution in [0.2, 0.25) is 10.2 Å². The van der Waals surface area contributed by atoms with Crippen molar-refractivity contribution in [2.75, 3.05) is 12.4 Å². The minimum Gasteiger partial charge on any atom is -0.464 e. The quantitative estimate of drug-likeness (QED) is 0.669. The van der Waals surface area contributed by atoms with Crippen LogP contribution in [0.25, 0.3) is 0 Å². The van der Waals surface area contributed by atoms with Gasteiger partial charge in [0.05, 0.1) is 17.8 Å². The van der Waals surface area contributed by atoms with E-state index < -0.39 is 17.6 Å². The summed E-state index contributed by atoms with van der Waals surface area (Å²) in [5.74, 6) is -2.17. The van der Waals surface area contributed by atoms with Crippen molar-refractivity contribution in [2.24, 2.45) is 0 Å². The third-order valence-electron chi connectivity index (χ3n) is 2.82. The second-order valence-corrected chi connectivity index (χ2v) is 4.97. The van der Waals surface area contributed by atoms with Crippen LogP contribution in [-0.2, 0) is 11.3 Å². The molecule has 2 rings (SSSR count). The lowest BCUT2D eigenvalue weighted by molar-refractivity contribution is 0.0594. The maximum atomic E-state index is 13.6. The smallest absolute Gasteiger partial charge is 0.358 e. The minimum absolute atomic E-state index is 0.0127. The van der Waals surface area contributed by atoms with E-state index in [1.54, 1.807) is 0 Å². The highest BCUT2D eigenvalue weighted by Gasteiger charge is 2.18. The molecule has 0 aliphatic carbocycles. The van der Waals surface area contributed by atoms with Crippen LogP contribution in [0.15, 0.2) is 24.3 Å². The number of hydrogen-bond donors (Lipinski definition) is 1. The van der Waals surface area contributed by atoms with Crippen molar-refractivity contribution in [3.63, 3.8) is 0 Å². The summed E-state index contributed by atoms with van der Waals surface area (Å²) in [4.78, 5) is 15.3. The highest BCUT2D eigenvalue weighted by Crippen LogP contribution is 2.29. The van der Waals surface area contributed by atoms with Gasteiger partial charge in [-0.05, 0) is 12.1 Å². The maximum Gasteiger partial charge on any atom is 0.358 e. The topological polar surface area (TPSA) is 51.2 Å². The molecule has 0 spiro atoms. The molecule has 4 nitrogen and oxygen atoms in total. The van der Waals surface area contributed by atoms with Crippen LogP contribution in [-0.4, -0.2) is 18.1 Å². The molecule has 0 aliphatic rings. The predicted molar refractivity (Wildman–Crippen MR) is 79.3 cm³/mol. The van der Waals surface area contributed by atoms with Gasteiger partial charge in [0, 0.05) is 18.2 Å². The summed E-state index contributed by atoms with van der Waals surface area (Å²) in [5, 5.41) is 2.67. The van der Waals surface area contributed by atoms with Gasteiger partial charge in [-0.1, -0.05) is 29.3 Å². The van der Waals surface area contributed by atoms with E-state index in [9.17, 15) is 13.6 Å². The average molecular weight is 347 g/mol. The lowest BCUT2D eigenvalue weighted by Gasteiger charge is -2.12. The number of methoxy groups -OCH3 is 1. The Labute approximate surface area is 135 Å². The van der Waals surface area contributed by atoms with Crippen LogP contribution in [0, 0.1) is 11.6 Å². The van der Waals surface area contributed by atoms with E-state index in [2.05, 4.69) is 15.0 Å². The Bertz CT molecular complexity index is 706. The van der Waals surface area contributed by atoms with Crippen LogP contribution >= 0.6 is 23.2 Å². The molecular formula is C14H10Cl2F2N2O2. The Balaban J connectivity index is 2.30. The number of nitrogens with zero attached hydrogens (tertiary/aromatic N) is 1. The molecule has 1 N–H and O–H groups in total. The molecule has 0 fully saturated rings. The van der Waals surface area contributed by atoms with Crippen molar-refractivity contribution in [3.8, 4) is 0 Å². The van der Waals surface area contributed by atoms with E-state index in [1.165, 1.54) is 19.2 Å². The number of rotatable bonds is 4. The highest BCUT2D eigenvalue weighted by atomic mass is 35.5. The van der Waals surface area contributed by atoms with Crippen molar-refractivity contribution in [2.45, 2.75) is 6.54 Å². The van der Waals surface area contributed by atoms with Crippen LogP contribution in [0.1, 0.15) is 16.1 Å². The Morgan fingerprint density at radius 2 is 1.95 bits per heavy atom. The number of carbonyl (C=O) groups excluding carboxylic acids is 1. The molecule has 0 atom stereocenters. The summed E-state index contributed by atoms with van der Waals surface area (Å²) < 4.78 is 31.7. The number of carbonyl (C=O) groups is 1. The number of ether oxygens (including phenoxy) is 1. The van der Waals surface area contributed by atoms with Gasteiger partial charge in [0.15, 0.2) is 5.69 Å². The number of hydrogen-bond acceptors (Lipinski definition) is 4. The van der Waals surface area contributed by atoms with E-state index in [-0.39, 0.29) is 33.7 Å². The molecule has 0 radical (unpaired) electrons. The number of aromatic nitrogens is 1. The first-order chi connectivity index (χ1) is 10.4. The van der Waals surface area contributed by atoms with Crippen molar-refractivity contribution in [1.82, 2.24) is 4.98 Å². The highest BCUT2D eigenvalue weighted by molar-refractivity contribution is 6.37. The Morgan fingerprint density at radius 1 is 1.32 bits per heavy atom. The number of benzene rings is 1. The zero-order chi connectivity index (χ0) is 16.3. The van der Waals surface area contributed by atoms with Gasteiger partial charge in [-0.3, -0.25) is 0 Å². The standard InChI is InChI=1S/C14H10Cl2F2N2O2/c1-22-14(21)13-12(16)10(5-11(15)20-13)19-6-7-8(17)3-2-4-9(7)18/h2-5H,6H2,1H3,(H,19,20). The van der Waals surface area contributed by atoms with E-state index >= 15 is 0 Å². The molecule has 1 aromatic carbocycles. The van der Waals surface area contributed by atoms with Gasteiger partial charge in [0.2, 0.25) is 0 Å². The summed E-state index contributed by atoms with van der Waals surface area (Å²) in [6.07, 6.45) is 0. The van der Waals surface area contributed by atoms with Gasteiger partial charge >= 0.3 is 5.97 Å². The van der Waals surface area contributed by atoms with Gasteiger partial charge in [-0.25, -0.2) is 18.6 Å². The van der Waals surface area contributed by atoms with Crippen molar-refractivity contribution in [1.29, 1.82) is 0 Å². The van der Waals surface area contributed by atoms with Crippen molar-refractivity contribution in [3.05, 3.63) is 57.3 Å². The average Bonchev–Trinajstić information content (AvgIpc) is 2.48. The van der Waals surface area contributed by atoms with Crippen LogP contribution in [0.4, 0.5) is 14.5 Å². The Morgan fingerprint density at radius 3 is 2.55 bits per heavy atom. The second kappa shape index (κ2) is 6.89. The molecule has 0 saturated heterocycles. The number of nitrogens with one attached hydrogen (secondary N) is 1. The lowest BCUT2D eigenvalue weighted by atomic mass is 10.2. The molecule has 1 heterocycles. The SMILES string of the molecule is COC(=O)c1nc(Cl)cc(NCc2c(F)cccc2F)c1Cl. The van der Waals surface area contributed by atoms with Crippen LogP contribution in [0.3, 0.4) is 0 Å². The van der Waals surface area contributed by atoms with Gasteiger partial charge in [0.25, 0.3) is 0 Å². The molecule has 0 aliphatic heterocycles. The molecule has 0 saturated carbocycles. The summed E-state index contributed by atoms with van der Waals surface area (Å²) >= 11 is 11.8. The van der Waals surface area contributed by atoms with Gasteiger partial charge in [0.1, 0.15) is 16.8 Å². The van der Waals surface area contributed by atoms with Gasteiger partial charge in [-0.15, -0.1) is 0 Å². The fraction of sp³-hybridized carbons (Fsp3) is 0.143. The van der Waals surface area contributed by atoms with E-state index in [4.69, 9.17) is 23.2 Å². The number of pyridine rings is 1. The fourth-order valence-corrected chi connectivity index (χ4v) is 2.18. The monoisotopic (exact) mass is 346 g/mol. The third kappa shape index (κ3) is 3.45. The number of anilines is 1. The molecule has 0 unspecified atom stereocenters. The first kappa shape index (κ1) is 16.5. The second-order valence-electron chi connectivity index (χ2n) is 4.20.